The van der Waals surface area contributed by atoms with E-state index >= 15 is 0 Å². The zero-order chi connectivity index (χ0) is 17.2. The number of nitrogens with zero attached hydrogens (tertiary/aromatic N) is 1. The second-order valence-electron chi connectivity index (χ2n) is 5.53. The number of halogens is 3. The number of carbonyl (C=O) groups is 1. The lowest BCUT2D eigenvalue weighted by atomic mass is 10.0. The maximum absolute atomic E-state index is 12.9. The highest BCUT2D eigenvalue weighted by Gasteiger charge is 2.33. The summed E-state index contributed by atoms with van der Waals surface area (Å²) in [6, 6.07) is 3.74. The van der Waals surface area contributed by atoms with Crippen molar-refractivity contribution in [1.29, 1.82) is 0 Å². The van der Waals surface area contributed by atoms with Crippen molar-refractivity contribution in [3.8, 4) is 0 Å². The van der Waals surface area contributed by atoms with Gasteiger partial charge in [-0.3, -0.25) is 4.79 Å². The Morgan fingerprint density at radius 1 is 1.39 bits per heavy atom. The topological polar surface area (TPSA) is 38.8 Å². The molecule has 1 aliphatic heterocycles. The fraction of sp³-hybridized carbons (Fsp3) is 0.562. The van der Waals surface area contributed by atoms with Gasteiger partial charge in [-0.15, -0.1) is 0 Å². The van der Waals surface area contributed by atoms with Gasteiger partial charge in [-0.05, 0) is 38.5 Å². The highest BCUT2D eigenvalue weighted by Crippen LogP contribution is 2.33. The van der Waals surface area contributed by atoms with E-state index in [2.05, 4.69) is 0 Å². The van der Waals surface area contributed by atoms with Gasteiger partial charge in [0, 0.05) is 13.1 Å². The predicted molar refractivity (Wildman–Crippen MR) is 77.7 cm³/mol. The highest BCUT2D eigenvalue weighted by molar-refractivity contribution is 5.80. The van der Waals surface area contributed by atoms with E-state index in [1.807, 2.05) is 6.92 Å². The summed E-state index contributed by atoms with van der Waals surface area (Å²) in [7, 11) is 0. The maximum atomic E-state index is 12.9. The Hall–Kier alpha value is -1.60. The Bertz CT molecular complexity index is 574. The molecule has 0 bridgehead atoms. The van der Waals surface area contributed by atoms with Gasteiger partial charge in [-0.25, -0.2) is 0 Å². The summed E-state index contributed by atoms with van der Waals surface area (Å²) in [5.41, 5.74) is 0.118. The molecule has 23 heavy (non-hydrogen) atoms. The Morgan fingerprint density at radius 3 is 2.70 bits per heavy atom. The highest BCUT2D eigenvalue weighted by atomic mass is 19.4. The van der Waals surface area contributed by atoms with Gasteiger partial charge < -0.3 is 14.4 Å². The number of hydrogen-bond donors (Lipinski definition) is 0. The van der Waals surface area contributed by atoms with Gasteiger partial charge in [0.15, 0.2) is 0 Å². The molecule has 1 fully saturated rings. The van der Waals surface area contributed by atoms with Crippen LogP contribution in [0.5, 0.6) is 0 Å². The van der Waals surface area contributed by atoms with Gasteiger partial charge >= 0.3 is 6.18 Å². The molecular formula is C16H20F3NO3. The van der Waals surface area contributed by atoms with Crippen LogP contribution in [0.15, 0.2) is 18.2 Å². The first-order valence-corrected chi connectivity index (χ1v) is 7.47. The molecule has 1 amide bonds. The first kappa shape index (κ1) is 17.7. The van der Waals surface area contributed by atoms with Crippen LogP contribution in [-0.4, -0.2) is 36.8 Å². The number of likely N-dealkylation sites (N-methyl/N-ethyl adjacent to an activating group) is 1. The second-order valence-corrected chi connectivity index (χ2v) is 5.53. The summed E-state index contributed by atoms with van der Waals surface area (Å²) in [6.45, 7) is 6.42. The third-order valence-electron chi connectivity index (χ3n) is 3.75. The molecular weight excluding hydrogens is 311 g/mol. The number of rotatable bonds is 4. The van der Waals surface area contributed by atoms with Crippen molar-refractivity contribution in [2.75, 3.05) is 19.7 Å². The minimum Gasteiger partial charge on any atom is -0.343 e. The lowest BCUT2D eigenvalue weighted by Gasteiger charge is -2.32. The lowest BCUT2D eigenvalue weighted by Crippen LogP contribution is -2.48. The summed E-state index contributed by atoms with van der Waals surface area (Å²) < 4.78 is 49.6. The average Bonchev–Trinajstić information content (AvgIpc) is 2.47. The van der Waals surface area contributed by atoms with Crippen molar-refractivity contribution in [1.82, 2.24) is 4.90 Å². The van der Waals surface area contributed by atoms with E-state index in [0.29, 0.717) is 30.8 Å². The van der Waals surface area contributed by atoms with Crippen LogP contribution in [0, 0.1) is 6.92 Å². The molecule has 0 saturated carbocycles. The number of morpholine rings is 1. The molecule has 128 valence electrons. The monoisotopic (exact) mass is 331 g/mol. The van der Waals surface area contributed by atoms with E-state index in [9.17, 15) is 18.0 Å². The van der Waals surface area contributed by atoms with Crippen molar-refractivity contribution in [3.05, 3.63) is 34.9 Å². The summed E-state index contributed by atoms with van der Waals surface area (Å²) in [4.78, 5) is 13.7. The van der Waals surface area contributed by atoms with E-state index in [1.165, 1.54) is 0 Å². The summed E-state index contributed by atoms with van der Waals surface area (Å²) in [6.07, 6.45) is -6.19. The predicted octanol–water partition coefficient (Wildman–Crippen LogP) is 3.30. The molecule has 2 atom stereocenters. The van der Waals surface area contributed by atoms with Crippen LogP contribution in [0.4, 0.5) is 13.2 Å². The van der Waals surface area contributed by atoms with Crippen molar-refractivity contribution in [2.45, 2.75) is 39.3 Å². The van der Waals surface area contributed by atoms with Crippen LogP contribution >= 0.6 is 0 Å². The minimum atomic E-state index is -4.42. The largest absolute Gasteiger partial charge is 0.416 e. The third kappa shape index (κ3) is 4.23. The quantitative estimate of drug-likeness (QED) is 0.850. The Kier molecular flexibility index (Phi) is 5.31. The van der Waals surface area contributed by atoms with E-state index < -0.39 is 24.1 Å². The molecule has 1 saturated heterocycles. The Morgan fingerprint density at radius 2 is 2.09 bits per heavy atom. The summed E-state index contributed by atoms with van der Waals surface area (Å²) in [5.74, 6) is -0.297. The zero-order valence-electron chi connectivity index (χ0n) is 13.3. The van der Waals surface area contributed by atoms with Crippen molar-refractivity contribution >= 4 is 5.91 Å². The van der Waals surface area contributed by atoms with E-state index in [4.69, 9.17) is 9.47 Å². The van der Waals surface area contributed by atoms with Gasteiger partial charge in [0.05, 0.1) is 18.3 Å². The number of alkyl halides is 3. The molecule has 7 heteroatoms. The molecule has 0 unspecified atom stereocenters. The first-order chi connectivity index (χ1) is 10.7. The van der Waals surface area contributed by atoms with E-state index in [0.717, 1.165) is 12.1 Å². The van der Waals surface area contributed by atoms with E-state index in [-0.39, 0.29) is 5.91 Å². The number of ether oxygens (including phenoxy) is 2. The van der Waals surface area contributed by atoms with Crippen molar-refractivity contribution < 1.29 is 27.4 Å². The van der Waals surface area contributed by atoms with Crippen LogP contribution in [0.2, 0.25) is 0 Å². The zero-order valence-corrected chi connectivity index (χ0v) is 13.3. The van der Waals surface area contributed by atoms with Crippen LogP contribution in [-0.2, 0) is 20.4 Å². The maximum Gasteiger partial charge on any atom is 0.416 e. The van der Waals surface area contributed by atoms with Gasteiger partial charge in [0.1, 0.15) is 0 Å². The van der Waals surface area contributed by atoms with Crippen LogP contribution < -0.4 is 0 Å². The van der Waals surface area contributed by atoms with Crippen LogP contribution in [0.3, 0.4) is 0 Å². The molecule has 1 aromatic carbocycles. The summed E-state index contributed by atoms with van der Waals surface area (Å²) in [5, 5.41) is 0. The average molecular weight is 331 g/mol. The van der Waals surface area contributed by atoms with Gasteiger partial charge in [0.2, 0.25) is 6.29 Å². The van der Waals surface area contributed by atoms with E-state index in [1.54, 1.807) is 24.8 Å². The van der Waals surface area contributed by atoms with Gasteiger partial charge in [-0.1, -0.05) is 11.6 Å². The third-order valence-corrected chi connectivity index (χ3v) is 3.75. The first-order valence-electron chi connectivity index (χ1n) is 7.47. The number of carbonyl (C=O) groups excluding carboxylic acids is 1. The van der Waals surface area contributed by atoms with Crippen molar-refractivity contribution in [2.24, 2.45) is 0 Å². The smallest absolute Gasteiger partial charge is 0.343 e. The fourth-order valence-electron chi connectivity index (χ4n) is 2.49. The fourth-order valence-corrected chi connectivity index (χ4v) is 2.49. The lowest BCUT2D eigenvalue weighted by molar-refractivity contribution is -0.208. The molecule has 0 aliphatic carbocycles. The number of benzene rings is 1. The molecule has 0 radical (unpaired) electrons. The molecule has 0 N–H and O–H groups in total. The molecule has 0 aromatic heterocycles. The molecule has 1 aromatic rings. The standard InChI is InChI=1S/C16H20F3NO3/c1-4-20-5-6-22-15(14(20)21)23-11(3)12-7-10(2)8-13(9-12)16(17,18)19/h7-9,11,15H,4-6H2,1-3H3/t11-,15-/m1/s1. The molecule has 0 spiro atoms. The van der Waals surface area contributed by atoms with Crippen LogP contribution in [0.25, 0.3) is 0 Å². The van der Waals surface area contributed by atoms with Crippen molar-refractivity contribution in [3.63, 3.8) is 0 Å². The molecule has 1 aliphatic rings. The van der Waals surface area contributed by atoms with Gasteiger partial charge in [0.25, 0.3) is 5.91 Å². The van der Waals surface area contributed by atoms with Crippen LogP contribution in [0.1, 0.15) is 36.6 Å². The summed E-state index contributed by atoms with van der Waals surface area (Å²) >= 11 is 0. The molecule has 2 rings (SSSR count). The Balaban J connectivity index is 2.16. The normalized spacial score (nSPS) is 20.7. The minimum absolute atomic E-state index is 0.297. The number of aryl methyl sites for hydroxylation is 1. The number of hydrogen-bond acceptors (Lipinski definition) is 3. The molecule has 1 heterocycles. The Labute approximate surface area is 133 Å². The second kappa shape index (κ2) is 6.88. The van der Waals surface area contributed by atoms with Gasteiger partial charge in [-0.2, -0.15) is 13.2 Å². The molecule has 4 nitrogen and oxygen atoms in total. The SMILES string of the molecule is CCN1CCO[C@H](O[C@H](C)c2cc(C)cc(C(F)(F)F)c2)C1=O. The number of amides is 1.